The Bertz CT molecular complexity index is 920. The van der Waals surface area contributed by atoms with Crippen LogP contribution in [0.4, 0.5) is 13.2 Å². The minimum absolute atomic E-state index is 0.0829. The van der Waals surface area contributed by atoms with Crippen molar-refractivity contribution in [1.29, 1.82) is 0 Å². The first kappa shape index (κ1) is 21.3. The molecule has 2 aromatic rings. The molecule has 0 amide bonds. The number of nitrogens with one attached hydrogen (secondary N) is 2. The van der Waals surface area contributed by atoms with Gasteiger partial charge in [-0.2, -0.15) is 13.2 Å². The molecule has 11 heteroatoms. The monoisotopic (exact) mass is 446 g/mol. The van der Waals surface area contributed by atoms with Crippen molar-refractivity contribution in [2.45, 2.75) is 17.9 Å². The summed E-state index contributed by atoms with van der Waals surface area (Å²) in [5, 5.41) is 16.3. The maximum atomic E-state index is 13.9. The molecular weight excluding hydrogens is 429 g/mol. The molecule has 156 valence electrons. The number of thiocarbonyl (C=S) groups is 1. The number of aliphatic hydroxyl groups is 1. The highest BCUT2D eigenvalue weighted by Crippen LogP contribution is 2.45. The third kappa shape index (κ3) is 3.77. The van der Waals surface area contributed by atoms with Gasteiger partial charge >= 0.3 is 6.18 Å². The van der Waals surface area contributed by atoms with E-state index in [0.29, 0.717) is 5.75 Å². The van der Waals surface area contributed by atoms with Crippen LogP contribution in [0.15, 0.2) is 35.7 Å². The number of hydrogen-bond acceptors (Lipinski definition) is 6. The molecule has 1 fully saturated rings. The van der Waals surface area contributed by atoms with E-state index in [9.17, 15) is 23.1 Å². The van der Waals surface area contributed by atoms with Crippen molar-refractivity contribution in [2.75, 3.05) is 14.2 Å². The summed E-state index contributed by atoms with van der Waals surface area (Å²) in [7, 11) is 2.80. The molecule has 2 heterocycles. The van der Waals surface area contributed by atoms with E-state index in [4.69, 9.17) is 21.7 Å². The van der Waals surface area contributed by atoms with E-state index in [0.717, 1.165) is 11.3 Å². The number of hydrogen-bond donors (Lipinski definition) is 3. The van der Waals surface area contributed by atoms with Gasteiger partial charge in [-0.1, -0.05) is 12.1 Å². The molecule has 6 nitrogen and oxygen atoms in total. The highest BCUT2D eigenvalue weighted by Gasteiger charge is 2.65. The molecule has 0 bridgehead atoms. The SMILES string of the molecule is COc1ccc([C@@H]2NC(=S)N[C@@](O)(C(F)(F)F)[C@H]2C(=O)c2cccs2)cc1OC. The van der Waals surface area contributed by atoms with Gasteiger partial charge in [-0.25, -0.2) is 0 Å². The van der Waals surface area contributed by atoms with Gasteiger partial charge in [-0.05, 0) is 41.4 Å². The number of benzene rings is 1. The van der Waals surface area contributed by atoms with Gasteiger partial charge < -0.3 is 25.2 Å². The van der Waals surface area contributed by atoms with Gasteiger partial charge in [0.2, 0.25) is 5.72 Å². The number of ether oxygens (including phenoxy) is 2. The second kappa shape index (κ2) is 7.81. The predicted octanol–water partition coefficient (Wildman–Crippen LogP) is 3.03. The summed E-state index contributed by atoms with van der Waals surface area (Å²) in [6.07, 6.45) is -5.18. The van der Waals surface area contributed by atoms with Crippen molar-refractivity contribution in [3.63, 3.8) is 0 Å². The lowest BCUT2D eigenvalue weighted by molar-refractivity contribution is -0.285. The van der Waals surface area contributed by atoms with Crippen LogP contribution in [0, 0.1) is 5.92 Å². The van der Waals surface area contributed by atoms with Crippen LogP contribution in [0.1, 0.15) is 21.3 Å². The van der Waals surface area contributed by atoms with Gasteiger partial charge in [-0.3, -0.25) is 4.79 Å². The lowest BCUT2D eigenvalue weighted by Crippen LogP contribution is -2.72. The van der Waals surface area contributed by atoms with Gasteiger partial charge in [0.15, 0.2) is 22.4 Å². The van der Waals surface area contributed by atoms with Crippen molar-refractivity contribution < 1.29 is 32.5 Å². The van der Waals surface area contributed by atoms with Crippen LogP contribution in [-0.2, 0) is 0 Å². The van der Waals surface area contributed by atoms with Crippen LogP contribution >= 0.6 is 23.6 Å². The molecular formula is C18H17F3N2O4S2. The molecule has 29 heavy (non-hydrogen) atoms. The predicted molar refractivity (Wildman–Crippen MR) is 104 cm³/mol. The van der Waals surface area contributed by atoms with Crippen molar-refractivity contribution >= 4 is 34.5 Å². The molecule has 1 aromatic heterocycles. The van der Waals surface area contributed by atoms with Crippen molar-refractivity contribution in [1.82, 2.24) is 10.6 Å². The first-order chi connectivity index (χ1) is 13.6. The standard InChI is InChI=1S/C18H17F3N2O4S2/c1-26-10-6-5-9(8-11(10)27-2)14-13(15(24)12-4-3-7-29-12)17(25,18(19,20)21)23-16(28)22-14/h3-8,13-14,25H,1-2H3,(H2,22,23,28)/t13-,14+,17+/m1/s1. The number of ketones is 1. The molecule has 1 aromatic carbocycles. The zero-order valence-corrected chi connectivity index (χ0v) is 16.9. The highest BCUT2D eigenvalue weighted by molar-refractivity contribution is 7.80. The Morgan fingerprint density at radius 2 is 1.93 bits per heavy atom. The van der Waals surface area contributed by atoms with Gasteiger partial charge in [0.1, 0.15) is 5.92 Å². The van der Waals surface area contributed by atoms with E-state index in [1.54, 1.807) is 11.4 Å². The fourth-order valence-electron chi connectivity index (χ4n) is 3.24. The zero-order valence-electron chi connectivity index (χ0n) is 15.2. The summed E-state index contributed by atoms with van der Waals surface area (Å²) in [6, 6.07) is 6.10. The van der Waals surface area contributed by atoms with Crippen LogP contribution < -0.4 is 20.1 Å². The Morgan fingerprint density at radius 1 is 1.24 bits per heavy atom. The molecule has 1 aliphatic rings. The van der Waals surface area contributed by atoms with Crippen LogP contribution in [0.3, 0.4) is 0 Å². The first-order valence-corrected chi connectivity index (χ1v) is 9.58. The normalized spacial score (nSPS) is 24.4. The molecule has 0 unspecified atom stereocenters. The van der Waals surface area contributed by atoms with E-state index in [1.807, 2.05) is 5.32 Å². The molecule has 0 saturated carbocycles. The van der Waals surface area contributed by atoms with Gasteiger partial charge in [-0.15, -0.1) is 11.3 Å². The molecule has 3 atom stereocenters. The fourth-order valence-corrected chi connectivity index (χ4v) is 4.22. The summed E-state index contributed by atoms with van der Waals surface area (Å²) in [4.78, 5) is 13.1. The number of halogens is 3. The van der Waals surface area contributed by atoms with Crippen LogP contribution in [-0.4, -0.2) is 42.1 Å². The Morgan fingerprint density at radius 3 is 2.48 bits per heavy atom. The fraction of sp³-hybridized carbons (Fsp3) is 0.333. The average Bonchev–Trinajstić information content (AvgIpc) is 3.20. The first-order valence-electron chi connectivity index (χ1n) is 8.29. The molecule has 0 aliphatic carbocycles. The number of Topliss-reactive ketones (excluding diaryl/α,β-unsaturated/α-hetero) is 1. The number of carbonyl (C=O) groups excluding carboxylic acids is 1. The number of thiophene rings is 1. The van der Waals surface area contributed by atoms with E-state index >= 15 is 0 Å². The van der Waals surface area contributed by atoms with E-state index < -0.39 is 34.8 Å². The third-order valence-corrected chi connectivity index (χ3v) is 5.72. The van der Waals surface area contributed by atoms with E-state index in [-0.39, 0.29) is 16.2 Å². The number of rotatable bonds is 5. The maximum absolute atomic E-state index is 13.9. The average molecular weight is 446 g/mol. The number of carbonyl (C=O) groups is 1. The Balaban J connectivity index is 2.17. The van der Waals surface area contributed by atoms with Crippen LogP contribution in [0.2, 0.25) is 0 Å². The Hall–Kier alpha value is -2.37. The summed E-state index contributed by atoms with van der Waals surface area (Å²) in [5.74, 6) is -2.21. The molecule has 0 radical (unpaired) electrons. The minimum Gasteiger partial charge on any atom is -0.493 e. The molecule has 0 spiro atoms. The van der Waals surface area contributed by atoms with Crippen LogP contribution in [0.5, 0.6) is 11.5 Å². The topological polar surface area (TPSA) is 79.8 Å². The van der Waals surface area contributed by atoms with Gasteiger partial charge in [0, 0.05) is 0 Å². The third-order valence-electron chi connectivity index (χ3n) is 4.62. The summed E-state index contributed by atoms with van der Waals surface area (Å²) in [6.45, 7) is 0. The molecule has 3 N–H and O–H groups in total. The second-order valence-corrected chi connectivity index (χ2v) is 7.63. The largest absolute Gasteiger partial charge is 0.493 e. The minimum atomic E-state index is -5.18. The quantitative estimate of drug-likeness (QED) is 0.481. The van der Waals surface area contributed by atoms with E-state index in [1.165, 1.54) is 38.5 Å². The smallest absolute Gasteiger partial charge is 0.437 e. The van der Waals surface area contributed by atoms with Crippen LogP contribution in [0.25, 0.3) is 0 Å². The molecule has 1 aliphatic heterocycles. The molecule has 1 saturated heterocycles. The van der Waals surface area contributed by atoms with Crippen molar-refractivity contribution in [3.8, 4) is 11.5 Å². The van der Waals surface area contributed by atoms with Gasteiger partial charge in [0.05, 0.1) is 25.1 Å². The lowest BCUT2D eigenvalue weighted by Gasteiger charge is -2.46. The van der Waals surface area contributed by atoms with Crippen molar-refractivity contribution in [3.05, 3.63) is 46.2 Å². The summed E-state index contributed by atoms with van der Waals surface area (Å²) < 4.78 is 52.1. The molecule has 3 rings (SSSR count). The second-order valence-electron chi connectivity index (χ2n) is 6.27. The lowest BCUT2D eigenvalue weighted by atomic mass is 9.78. The van der Waals surface area contributed by atoms with E-state index in [2.05, 4.69) is 5.32 Å². The van der Waals surface area contributed by atoms with Gasteiger partial charge in [0.25, 0.3) is 0 Å². The highest BCUT2D eigenvalue weighted by atomic mass is 32.1. The maximum Gasteiger partial charge on any atom is 0.437 e. The van der Waals surface area contributed by atoms with Crippen molar-refractivity contribution in [2.24, 2.45) is 5.92 Å². The zero-order chi connectivity index (χ0) is 21.4. The summed E-state index contributed by atoms with van der Waals surface area (Å²) in [5.41, 5.74) is -3.29. The Kier molecular flexibility index (Phi) is 5.74. The number of methoxy groups -OCH3 is 2. The number of alkyl halides is 3. The Labute approximate surface area is 173 Å². The summed E-state index contributed by atoms with van der Waals surface area (Å²) >= 11 is 5.89.